The van der Waals surface area contributed by atoms with Crippen LogP contribution in [0.4, 0.5) is 5.95 Å². The van der Waals surface area contributed by atoms with Gasteiger partial charge in [0.05, 0.1) is 26.4 Å². The zero-order valence-electron chi connectivity index (χ0n) is 15.1. The summed E-state index contributed by atoms with van der Waals surface area (Å²) >= 11 is 0. The van der Waals surface area contributed by atoms with Crippen LogP contribution in [0.2, 0.25) is 0 Å². The molecule has 2 aromatic rings. The minimum Gasteiger partial charge on any atom is -0.493 e. The van der Waals surface area contributed by atoms with Crippen molar-refractivity contribution in [2.75, 3.05) is 26.1 Å². The normalized spacial score (nSPS) is 15.9. The minimum atomic E-state index is -0.534. The molecule has 3 rings (SSSR count). The van der Waals surface area contributed by atoms with Gasteiger partial charge in [0, 0.05) is 5.70 Å². The number of methoxy groups -OCH3 is 2. The minimum absolute atomic E-state index is 0.437. The van der Waals surface area contributed by atoms with Crippen LogP contribution in [-0.4, -0.2) is 47.0 Å². The van der Waals surface area contributed by atoms with Crippen molar-refractivity contribution in [3.63, 3.8) is 0 Å². The number of ether oxygens (including phenoxy) is 3. The van der Waals surface area contributed by atoms with E-state index in [2.05, 4.69) is 20.8 Å². The first-order valence-electron chi connectivity index (χ1n) is 8.31. The third-order valence-corrected chi connectivity index (χ3v) is 4.16. The number of allylic oxidation sites excluding steroid dienone is 1. The number of hydrogen-bond donors (Lipinski definition) is 1. The molecule has 26 heavy (non-hydrogen) atoms. The monoisotopic (exact) mass is 359 g/mol. The van der Waals surface area contributed by atoms with Gasteiger partial charge in [0.2, 0.25) is 5.95 Å². The lowest BCUT2D eigenvalue weighted by Crippen LogP contribution is -2.30. The van der Waals surface area contributed by atoms with Crippen molar-refractivity contribution in [1.29, 1.82) is 0 Å². The Morgan fingerprint density at radius 3 is 2.73 bits per heavy atom. The van der Waals surface area contributed by atoms with Gasteiger partial charge in [-0.3, -0.25) is 0 Å². The molecule has 0 bridgehead atoms. The second kappa shape index (κ2) is 7.42. The summed E-state index contributed by atoms with van der Waals surface area (Å²) < 4.78 is 17.6. The van der Waals surface area contributed by atoms with E-state index in [9.17, 15) is 4.79 Å². The molecule has 9 heteroatoms. The Morgan fingerprint density at radius 1 is 1.27 bits per heavy atom. The fourth-order valence-electron chi connectivity index (χ4n) is 3.00. The maximum absolute atomic E-state index is 12.5. The fraction of sp³-hybridized carbons (Fsp3) is 0.412. The highest BCUT2D eigenvalue weighted by molar-refractivity contribution is 5.92. The topological polar surface area (TPSA) is 100 Å². The number of fused-ring (bicyclic) bond motifs is 1. The Kier molecular flexibility index (Phi) is 5.06. The fourth-order valence-corrected chi connectivity index (χ4v) is 3.00. The maximum atomic E-state index is 12.5. The smallest absolute Gasteiger partial charge is 0.338 e. The van der Waals surface area contributed by atoms with Crippen molar-refractivity contribution in [2.24, 2.45) is 0 Å². The molecule has 0 amide bonds. The largest absolute Gasteiger partial charge is 0.493 e. The second-order valence-electron chi connectivity index (χ2n) is 5.56. The van der Waals surface area contributed by atoms with Crippen LogP contribution in [0.25, 0.3) is 0 Å². The average molecular weight is 359 g/mol. The Bertz CT molecular complexity index is 845. The first-order valence-corrected chi connectivity index (χ1v) is 8.31. The van der Waals surface area contributed by atoms with Gasteiger partial charge in [-0.1, -0.05) is 18.1 Å². The third-order valence-electron chi connectivity index (χ3n) is 4.16. The van der Waals surface area contributed by atoms with Crippen LogP contribution >= 0.6 is 0 Å². The molecule has 0 saturated carbocycles. The number of rotatable bonds is 6. The predicted octanol–water partition coefficient (Wildman–Crippen LogP) is 1.93. The third kappa shape index (κ3) is 2.96. The summed E-state index contributed by atoms with van der Waals surface area (Å²) in [5.74, 6) is 1.23. The molecule has 138 valence electrons. The molecule has 0 fully saturated rings. The van der Waals surface area contributed by atoms with Gasteiger partial charge < -0.3 is 19.5 Å². The lowest BCUT2D eigenvalue weighted by Gasteiger charge is -2.28. The first kappa shape index (κ1) is 17.7. The van der Waals surface area contributed by atoms with Crippen molar-refractivity contribution in [3.05, 3.63) is 35.0 Å². The van der Waals surface area contributed by atoms with Crippen molar-refractivity contribution in [1.82, 2.24) is 20.2 Å². The van der Waals surface area contributed by atoms with Crippen LogP contribution in [0.1, 0.15) is 31.9 Å². The Balaban J connectivity index is 2.17. The van der Waals surface area contributed by atoms with Gasteiger partial charge in [0.25, 0.3) is 0 Å². The molecule has 2 heterocycles. The maximum Gasteiger partial charge on any atom is 0.338 e. The summed E-state index contributed by atoms with van der Waals surface area (Å²) in [5.41, 5.74) is 1.96. The summed E-state index contributed by atoms with van der Waals surface area (Å²) in [6.45, 7) is 4.37. The van der Waals surface area contributed by atoms with Gasteiger partial charge in [-0.15, -0.1) is 0 Å². The molecular weight excluding hydrogens is 338 g/mol. The van der Waals surface area contributed by atoms with E-state index in [1.54, 1.807) is 11.8 Å². The van der Waals surface area contributed by atoms with E-state index < -0.39 is 12.0 Å². The average Bonchev–Trinajstić information content (AvgIpc) is 3.14. The van der Waals surface area contributed by atoms with E-state index in [0.717, 1.165) is 11.3 Å². The molecule has 0 aliphatic carbocycles. The van der Waals surface area contributed by atoms with E-state index in [1.165, 1.54) is 7.11 Å². The van der Waals surface area contributed by atoms with Gasteiger partial charge in [-0.05, 0) is 41.5 Å². The van der Waals surface area contributed by atoms with Crippen molar-refractivity contribution >= 4 is 11.9 Å². The zero-order valence-corrected chi connectivity index (χ0v) is 15.1. The number of nitrogens with zero attached hydrogens (tertiary/aromatic N) is 4. The Labute approximate surface area is 150 Å². The molecule has 1 N–H and O–H groups in total. The quantitative estimate of drug-likeness (QED) is 0.781. The summed E-state index contributed by atoms with van der Waals surface area (Å²) in [6.07, 6.45) is 0.599. The number of carbonyl (C=O) groups excluding carboxylic acids is 1. The number of carbonyl (C=O) groups is 1. The summed E-state index contributed by atoms with van der Waals surface area (Å²) in [7, 11) is 2.93. The number of benzene rings is 1. The lowest BCUT2D eigenvalue weighted by atomic mass is 9.94. The van der Waals surface area contributed by atoms with Crippen LogP contribution in [0, 0.1) is 0 Å². The molecule has 1 unspecified atom stereocenters. The van der Waals surface area contributed by atoms with Crippen LogP contribution < -0.4 is 14.8 Å². The van der Waals surface area contributed by atoms with Crippen LogP contribution in [0.5, 0.6) is 11.5 Å². The van der Waals surface area contributed by atoms with Crippen molar-refractivity contribution < 1.29 is 19.0 Å². The molecule has 9 nitrogen and oxygen atoms in total. The van der Waals surface area contributed by atoms with Crippen molar-refractivity contribution in [3.8, 4) is 11.5 Å². The highest BCUT2D eigenvalue weighted by Crippen LogP contribution is 2.39. The number of hydrogen-bond acceptors (Lipinski definition) is 8. The van der Waals surface area contributed by atoms with Gasteiger partial charge in [-0.2, -0.15) is 4.68 Å². The van der Waals surface area contributed by atoms with E-state index in [4.69, 9.17) is 14.2 Å². The van der Waals surface area contributed by atoms with Gasteiger partial charge in [0.1, 0.15) is 6.04 Å². The van der Waals surface area contributed by atoms with E-state index in [0.29, 0.717) is 36.0 Å². The highest BCUT2D eigenvalue weighted by atomic mass is 16.5. The lowest BCUT2D eigenvalue weighted by molar-refractivity contribution is -0.136. The van der Waals surface area contributed by atoms with Crippen molar-refractivity contribution in [2.45, 2.75) is 26.3 Å². The molecule has 0 radical (unpaired) electrons. The molecule has 1 aromatic carbocycles. The number of anilines is 1. The Morgan fingerprint density at radius 2 is 2.08 bits per heavy atom. The molecule has 0 saturated heterocycles. The molecule has 1 aromatic heterocycles. The number of esters is 1. The molecular formula is C17H21N5O4. The summed E-state index contributed by atoms with van der Waals surface area (Å²) in [5, 5.41) is 14.9. The number of tetrazole rings is 1. The SMILES string of the molecule is CCOc1ccc(C2C(C(=O)OC)=C(CC)Nc3nnnn32)cc1OC. The van der Waals surface area contributed by atoms with Crippen LogP contribution in [0.3, 0.4) is 0 Å². The molecule has 1 aliphatic heterocycles. The van der Waals surface area contributed by atoms with Crippen LogP contribution in [0.15, 0.2) is 29.5 Å². The van der Waals surface area contributed by atoms with Gasteiger partial charge >= 0.3 is 5.97 Å². The number of aromatic nitrogens is 4. The summed E-state index contributed by atoms with van der Waals surface area (Å²) in [4.78, 5) is 12.5. The Hall–Kier alpha value is -3.10. The second-order valence-corrected chi connectivity index (χ2v) is 5.56. The van der Waals surface area contributed by atoms with Gasteiger partial charge in [0.15, 0.2) is 11.5 Å². The predicted molar refractivity (Wildman–Crippen MR) is 93.1 cm³/mol. The van der Waals surface area contributed by atoms with Crippen LogP contribution in [-0.2, 0) is 9.53 Å². The van der Waals surface area contributed by atoms with Gasteiger partial charge in [-0.25, -0.2) is 4.79 Å². The first-order chi connectivity index (χ1) is 12.6. The highest BCUT2D eigenvalue weighted by Gasteiger charge is 2.35. The zero-order chi connectivity index (χ0) is 18.7. The standard InChI is InChI=1S/C17H21N5O4/c1-5-11-14(16(23)25-4)15(22-17(18-11)19-20-21-22)10-7-8-12(26-6-2)13(9-10)24-3/h7-9,15H,5-6H2,1-4H3,(H,18,19,21). The van der Waals surface area contributed by atoms with E-state index in [1.807, 2.05) is 32.0 Å². The van der Waals surface area contributed by atoms with E-state index in [-0.39, 0.29) is 0 Å². The molecule has 1 aliphatic rings. The van der Waals surface area contributed by atoms with E-state index >= 15 is 0 Å². The summed E-state index contributed by atoms with van der Waals surface area (Å²) in [6, 6.07) is 4.96. The molecule has 0 spiro atoms. The number of nitrogens with one attached hydrogen (secondary N) is 1. The molecule has 1 atom stereocenters.